The van der Waals surface area contributed by atoms with E-state index < -0.39 is 0 Å². The van der Waals surface area contributed by atoms with Gasteiger partial charge >= 0.3 is 0 Å². The first-order valence-electron chi connectivity index (χ1n) is 6.16. The topological polar surface area (TPSA) is 39.4 Å². The molecule has 0 aliphatic carbocycles. The zero-order valence-electron chi connectivity index (χ0n) is 11.0. The Morgan fingerprint density at radius 2 is 1.81 bits per heavy atom. The molecular formula is C16H10Cl2O3. The molecule has 0 saturated heterocycles. The summed E-state index contributed by atoms with van der Waals surface area (Å²) in [6.45, 7) is 0. The Balaban J connectivity index is 2.37. The molecule has 0 amide bonds. The Labute approximate surface area is 130 Å². The fraction of sp³-hybridized carbons (Fsp3) is 0.0625. The second-order valence-electron chi connectivity index (χ2n) is 4.42. The molecule has 2 aromatic carbocycles. The van der Waals surface area contributed by atoms with Crippen molar-refractivity contribution in [1.29, 1.82) is 0 Å². The third-order valence-corrected chi connectivity index (χ3v) is 4.07. The van der Waals surface area contributed by atoms with Gasteiger partial charge in [-0.05, 0) is 5.56 Å². The van der Waals surface area contributed by atoms with Gasteiger partial charge in [-0.3, -0.25) is 4.79 Å². The summed E-state index contributed by atoms with van der Waals surface area (Å²) in [5.41, 5.74) is 1.31. The van der Waals surface area contributed by atoms with Crippen LogP contribution in [0.4, 0.5) is 0 Å². The lowest BCUT2D eigenvalue weighted by molar-refractivity contribution is 0.414. The van der Waals surface area contributed by atoms with Gasteiger partial charge in [-0.2, -0.15) is 0 Å². The van der Waals surface area contributed by atoms with E-state index in [1.165, 1.54) is 13.4 Å². The molecule has 3 rings (SSSR count). The van der Waals surface area contributed by atoms with E-state index in [4.69, 9.17) is 32.4 Å². The Morgan fingerprint density at radius 3 is 2.48 bits per heavy atom. The molecule has 0 aliphatic heterocycles. The first kappa shape index (κ1) is 14.0. The molecule has 0 aliphatic rings. The van der Waals surface area contributed by atoms with Crippen molar-refractivity contribution in [2.75, 3.05) is 7.11 Å². The fourth-order valence-electron chi connectivity index (χ4n) is 2.16. The average Bonchev–Trinajstić information content (AvgIpc) is 2.51. The molecule has 106 valence electrons. The molecule has 0 bridgehead atoms. The number of benzene rings is 2. The number of methoxy groups -OCH3 is 1. The number of fused-ring (bicyclic) bond motifs is 1. The molecule has 1 aromatic heterocycles. The number of halogens is 2. The lowest BCUT2D eigenvalue weighted by Crippen LogP contribution is -2.06. The number of hydrogen-bond donors (Lipinski definition) is 0. The molecule has 0 fully saturated rings. The highest BCUT2D eigenvalue weighted by atomic mass is 35.5. The van der Waals surface area contributed by atoms with Gasteiger partial charge in [0, 0.05) is 6.07 Å². The third-order valence-electron chi connectivity index (χ3n) is 3.22. The molecule has 0 saturated carbocycles. The Kier molecular flexibility index (Phi) is 3.62. The molecule has 1 heterocycles. The van der Waals surface area contributed by atoms with Crippen LogP contribution in [0, 0.1) is 0 Å². The molecule has 3 aromatic rings. The maximum absolute atomic E-state index is 12.7. The average molecular weight is 321 g/mol. The van der Waals surface area contributed by atoms with Gasteiger partial charge in [0.1, 0.15) is 22.6 Å². The van der Waals surface area contributed by atoms with Crippen LogP contribution >= 0.6 is 23.2 Å². The summed E-state index contributed by atoms with van der Waals surface area (Å²) in [6, 6.07) is 10.8. The summed E-state index contributed by atoms with van der Waals surface area (Å²) in [6.07, 6.45) is 1.42. The normalized spacial score (nSPS) is 10.8. The van der Waals surface area contributed by atoms with Gasteiger partial charge < -0.3 is 9.15 Å². The van der Waals surface area contributed by atoms with Gasteiger partial charge in [-0.25, -0.2) is 0 Å². The van der Waals surface area contributed by atoms with Crippen molar-refractivity contribution < 1.29 is 9.15 Å². The molecule has 3 nitrogen and oxygen atoms in total. The summed E-state index contributed by atoms with van der Waals surface area (Å²) >= 11 is 12.3. The van der Waals surface area contributed by atoms with Crippen LogP contribution in [0.3, 0.4) is 0 Å². The molecule has 0 radical (unpaired) electrons. The minimum absolute atomic E-state index is 0.137. The highest BCUT2D eigenvalue weighted by Gasteiger charge is 2.17. The first-order valence-corrected chi connectivity index (χ1v) is 6.92. The van der Waals surface area contributed by atoms with Gasteiger partial charge in [-0.15, -0.1) is 0 Å². The minimum Gasteiger partial charge on any atom is -0.495 e. The van der Waals surface area contributed by atoms with E-state index in [0.717, 1.165) is 5.56 Å². The van der Waals surface area contributed by atoms with Crippen molar-refractivity contribution in [3.05, 3.63) is 62.9 Å². The largest absolute Gasteiger partial charge is 0.495 e. The Hall–Kier alpha value is -1.97. The van der Waals surface area contributed by atoms with Crippen molar-refractivity contribution in [2.24, 2.45) is 0 Å². The Bertz CT molecular complexity index is 870. The van der Waals surface area contributed by atoms with Gasteiger partial charge in [0.15, 0.2) is 0 Å². The molecule has 21 heavy (non-hydrogen) atoms. The molecular weight excluding hydrogens is 311 g/mol. The second kappa shape index (κ2) is 5.43. The van der Waals surface area contributed by atoms with Gasteiger partial charge in [0.2, 0.25) is 5.43 Å². The van der Waals surface area contributed by atoms with E-state index in [2.05, 4.69) is 0 Å². The molecule has 0 N–H and O–H groups in total. The van der Waals surface area contributed by atoms with Crippen molar-refractivity contribution in [3.63, 3.8) is 0 Å². The zero-order valence-corrected chi connectivity index (χ0v) is 12.5. The molecule has 0 atom stereocenters. The van der Waals surface area contributed by atoms with Crippen molar-refractivity contribution in [2.45, 2.75) is 0 Å². The van der Waals surface area contributed by atoms with Crippen LogP contribution in [0.15, 0.2) is 51.9 Å². The van der Waals surface area contributed by atoms with Crippen molar-refractivity contribution >= 4 is 34.2 Å². The van der Waals surface area contributed by atoms with Crippen LogP contribution in [-0.4, -0.2) is 7.11 Å². The van der Waals surface area contributed by atoms with E-state index in [1.807, 2.05) is 30.3 Å². The molecule has 5 heteroatoms. The molecule has 0 spiro atoms. The first-order chi connectivity index (χ1) is 10.1. The van der Waals surface area contributed by atoms with Crippen LogP contribution in [0.25, 0.3) is 22.1 Å². The second-order valence-corrected chi connectivity index (χ2v) is 5.18. The highest BCUT2D eigenvalue weighted by Crippen LogP contribution is 2.37. The van der Waals surface area contributed by atoms with Gasteiger partial charge in [-0.1, -0.05) is 53.5 Å². The van der Waals surface area contributed by atoms with Crippen LogP contribution in [0.5, 0.6) is 5.75 Å². The standard InChI is InChI=1S/C16H10Cl2O3/c1-20-12-7-11-13(15(18)14(12)17)16(19)10(8-21-11)9-5-3-2-4-6-9/h2-8H,1H3. The lowest BCUT2D eigenvalue weighted by Gasteiger charge is -2.08. The van der Waals surface area contributed by atoms with Gasteiger partial charge in [0.25, 0.3) is 0 Å². The van der Waals surface area contributed by atoms with Gasteiger partial charge in [0.05, 0.1) is 23.1 Å². The zero-order chi connectivity index (χ0) is 15.0. The predicted octanol–water partition coefficient (Wildman–Crippen LogP) is 4.78. The van der Waals surface area contributed by atoms with Crippen molar-refractivity contribution in [1.82, 2.24) is 0 Å². The fourth-order valence-corrected chi connectivity index (χ4v) is 2.66. The van der Waals surface area contributed by atoms with E-state index in [0.29, 0.717) is 16.9 Å². The van der Waals surface area contributed by atoms with Crippen molar-refractivity contribution in [3.8, 4) is 16.9 Å². The monoisotopic (exact) mass is 320 g/mol. The lowest BCUT2D eigenvalue weighted by atomic mass is 10.1. The summed E-state index contributed by atoms with van der Waals surface area (Å²) in [4.78, 5) is 12.7. The quantitative estimate of drug-likeness (QED) is 0.682. The van der Waals surface area contributed by atoms with E-state index in [9.17, 15) is 4.79 Å². The summed E-state index contributed by atoms with van der Waals surface area (Å²) in [5.74, 6) is 0.366. The maximum Gasteiger partial charge on any atom is 0.202 e. The Morgan fingerprint density at radius 1 is 1.10 bits per heavy atom. The van der Waals surface area contributed by atoms with E-state index in [1.54, 1.807) is 6.07 Å². The third kappa shape index (κ3) is 2.28. The van der Waals surface area contributed by atoms with E-state index in [-0.39, 0.29) is 20.9 Å². The van der Waals surface area contributed by atoms with Crippen LogP contribution in [-0.2, 0) is 0 Å². The summed E-state index contributed by atoms with van der Waals surface area (Å²) in [5, 5.41) is 0.588. The smallest absolute Gasteiger partial charge is 0.202 e. The number of ether oxygens (including phenoxy) is 1. The van der Waals surface area contributed by atoms with Crippen LogP contribution < -0.4 is 10.2 Å². The van der Waals surface area contributed by atoms with Crippen LogP contribution in [0.2, 0.25) is 10.0 Å². The maximum atomic E-state index is 12.7. The predicted molar refractivity (Wildman–Crippen MR) is 84.5 cm³/mol. The minimum atomic E-state index is -0.225. The van der Waals surface area contributed by atoms with Crippen LogP contribution in [0.1, 0.15) is 0 Å². The molecule has 0 unspecified atom stereocenters. The highest BCUT2D eigenvalue weighted by molar-refractivity contribution is 6.46. The summed E-state index contributed by atoms with van der Waals surface area (Å²) < 4.78 is 10.6. The SMILES string of the molecule is COc1cc2occ(-c3ccccc3)c(=O)c2c(Cl)c1Cl. The number of hydrogen-bond acceptors (Lipinski definition) is 3. The summed E-state index contributed by atoms with van der Waals surface area (Å²) in [7, 11) is 1.47. The van der Waals surface area contributed by atoms with E-state index >= 15 is 0 Å². The number of rotatable bonds is 2.